The van der Waals surface area contributed by atoms with Crippen molar-refractivity contribution in [3.05, 3.63) is 41.5 Å². The number of aromatic hydroxyl groups is 2. The van der Waals surface area contributed by atoms with Gasteiger partial charge in [0.05, 0.1) is 6.10 Å². The number of carbonyl (C=O) groups is 2. The molecular formula is C16H16O8. The quantitative estimate of drug-likeness (QED) is 0.297. The highest BCUT2D eigenvalue weighted by Crippen LogP contribution is 2.25. The fourth-order valence-electron chi connectivity index (χ4n) is 2.17. The van der Waals surface area contributed by atoms with Crippen LogP contribution in [0.4, 0.5) is 0 Å². The first kappa shape index (κ1) is 17.5. The molecule has 8 heteroatoms. The highest BCUT2D eigenvalue weighted by molar-refractivity contribution is 5.89. The number of carboxylic acids is 1. The fraction of sp³-hybridized carbons (Fsp3) is 0.250. The Morgan fingerprint density at radius 3 is 2.50 bits per heavy atom. The van der Waals surface area contributed by atoms with Crippen molar-refractivity contribution in [2.45, 2.75) is 24.7 Å². The Labute approximate surface area is 136 Å². The van der Waals surface area contributed by atoms with Gasteiger partial charge in [-0.2, -0.15) is 0 Å². The van der Waals surface area contributed by atoms with Gasteiger partial charge in [0.1, 0.15) is 12.2 Å². The molecule has 1 aliphatic rings. The van der Waals surface area contributed by atoms with Crippen molar-refractivity contribution in [3.63, 3.8) is 0 Å². The second-order valence-corrected chi connectivity index (χ2v) is 5.24. The van der Waals surface area contributed by atoms with E-state index < -0.39 is 30.3 Å². The molecule has 0 aromatic heterocycles. The number of esters is 1. The summed E-state index contributed by atoms with van der Waals surface area (Å²) in [5, 5.41) is 46.9. The molecule has 3 atom stereocenters. The summed E-state index contributed by atoms with van der Waals surface area (Å²) in [6.45, 7) is 0. The molecule has 0 fully saturated rings. The second kappa shape index (κ2) is 7.16. The highest BCUT2D eigenvalue weighted by atomic mass is 16.6. The number of aliphatic carboxylic acids is 1. The first-order chi connectivity index (χ1) is 11.3. The van der Waals surface area contributed by atoms with Crippen molar-refractivity contribution in [1.29, 1.82) is 0 Å². The van der Waals surface area contributed by atoms with E-state index in [4.69, 9.17) is 9.84 Å². The first-order valence-corrected chi connectivity index (χ1v) is 6.98. The zero-order valence-corrected chi connectivity index (χ0v) is 12.4. The molecule has 1 aliphatic carbocycles. The molecule has 0 radical (unpaired) electrons. The summed E-state index contributed by atoms with van der Waals surface area (Å²) < 4.78 is 4.94. The van der Waals surface area contributed by atoms with Crippen LogP contribution in [0.3, 0.4) is 0 Å². The number of ether oxygens (including phenoxy) is 1. The van der Waals surface area contributed by atoms with Crippen LogP contribution >= 0.6 is 0 Å². The summed E-state index contributed by atoms with van der Waals surface area (Å²) in [6, 6.07) is 3.91. The molecular weight excluding hydrogens is 320 g/mol. The molecule has 24 heavy (non-hydrogen) atoms. The lowest BCUT2D eigenvalue weighted by Crippen LogP contribution is -2.43. The number of phenols is 2. The van der Waals surface area contributed by atoms with E-state index in [0.29, 0.717) is 5.56 Å². The Bertz CT molecular complexity index is 706. The Hall–Kier alpha value is -2.84. The predicted molar refractivity (Wildman–Crippen MR) is 81.0 cm³/mol. The zero-order valence-electron chi connectivity index (χ0n) is 12.4. The number of benzene rings is 1. The van der Waals surface area contributed by atoms with Crippen LogP contribution < -0.4 is 0 Å². The summed E-state index contributed by atoms with van der Waals surface area (Å²) >= 11 is 0. The van der Waals surface area contributed by atoms with E-state index in [1.165, 1.54) is 24.3 Å². The molecule has 1 aromatic rings. The Morgan fingerprint density at radius 1 is 1.17 bits per heavy atom. The van der Waals surface area contributed by atoms with Crippen LogP contribution in [0.15, 0.2) is 35.9 Å². The topological polar surface area (TPSA) is 145 Å². The van der Waals surface area contributed by atoms with Crippen LogP contribution in [-0.4, -0.2) is 55.8 Å². The molecule has 0 saturated carbocycles. The van der Waals surface area contributed by atoms with Gasteiger partial charge < -0.3 is 30.3 Å². The number of rotatable bonds is 4. The van der Waals surface area contributed by atoms with Crippen molar-refractivity contribution >= 4 is 18.0 Å². The van der Waals surface area contributed by atoms with E-state index in [2.05, 4.69) is 0 Å². The maximum absolute atomic E-state index is 11.8. The molecule has 0 heterocycles. The van der Waals surface area contributed by atoms with E-state index in [9.17, 15) is 30.0 Å². The number of hydrogen-bond donors (Lipinski definition) is 5. The monoisotopic (exact) mass is 336 g/mol. The third-order valence-electron chi connectivity index (χ3n) is 3.46. The van der Waals surface area contributed by atoms with Gasteiger partial charge in [-0.15, -0.1) is 0 Å². The molecule has 0 spiro atoms. The van der Waals surface area contributed by atoms with Gasteiger partial charge in [0, 0.05) is 18.1 Å². The molecule has 0 amide bonds. The standard InChI is InChI=1S/C16H16O8/c17-10-3-1-8(5-11(10)18)2-4-14(20)24-13-7-9(16(22)23)6-12(19)15(13)21/h1-5,7,12-13,15,17-19,21H,6H2,(H,22,23)/b4-2+/t12-,13-,15+/m1/s1. The van der Waals surface area contributed by atoms with E-state index in [1.807, 2.05) is 0 Å². The Kier molecular flexibility index (Phi) is 5.22. The number of aliphatic hydroxyl groups is 2. The maximum Gasteiger partial charge on any atom is 0.331 e. The third kappa shape index (κ3) is 4.12. The number of carboxylic acid groups (broad SMARTS) is 1. The van der Waals surface area contributed by atoms with Gasteiger partial charge in [0.25, 0.3) is 0 Å². The van der Waals surface area contributed by atoms with Crippen LogP contribution in [-0.2, 0) is 14.3 Å². The minimum atomic E-state index is -1.43. The van der Waals surface area contributed by atoms with Gasteiger partial charge in [-0.3, -0.25) is 0 Å². The van der Waals surface area contributed by atoms with Crippen LogP contribution in [0.5, 0.6) is 11.5 Å². The van der Waals surface area contributed by atoms with Gasteiger partial charge in [0.15, 0.2) is 11.5 Å². The van der Waals surface area contributed by atoms with Crippen LogP contribution in [0.2, 0.25) is 0 Å². The van der Waals surface area contributed by atoms with E-state index in [-0.39, 0.29) is 23.5 Å². The zero-order chi connectivity index (χ0) is 17.9. The van der Waals surface area contributed by atoms with Gasteiger partial charge in [0.2, 0.25) is 0 Å². The average Bonchev–Trinajstić information content (AvgIpc) is 2.52. The smallest absolute Gasteiger partial charge is 0.331 e. The fourth-order valence-corrected chi connectivity index (χ4v) is 2.17. The molecule has 5 N–H and O–H groups in total. The lowest BCUT2D eigenvalue weighted by molar-refractivity contribution is -0.151. The van der Waals surface area contributed by atoms with Crippen molar-refractivity contribution in [2.75, 3.05) is 0 Å². The summed E-state index contributed by atoms with van der Waals surface area (Å²) in [5.74, 6) is -2.80. The maximum atomic E-state index is 11.8. The lowest BCUT2D eigenvalue weighted by atomic mass is 9.92. The molecule has 8 nitrogen and oxygen atoms in total. The van der Waals surface area contributed by atoms with Gasteiger partial charge in [-0.25, -0.2) is 9.59 Å². The highest BCUT2D eigenvalue weighted by Gasteiger charge is 2.34. The minimum Gasteiger partial charge on any atom is -0.504 e. The number of aliphatic hydroxyl groups excluding tert-OH is 2. The average molecular weight is 336 g/mol. The summed E-state index contributed by atoms with van der Waals surface area (Å²) in [6.07, 6.45) is -0.918. The number of hydrogen-bond acceptors (Lipinski definition) is 7. The molecule has 1 aromatic carbocycles. The van der Waals surface area contributed by atoms with E-state index in [1.54, 1.807) is 0 Å². The Morgan fingerprint density at radius 2 is 1.88 bits per heavy atom. The number of carbonyl (C=O) groups excluding carboxylic acids is 1. The van der Waals surface area contributed by atoms with Crippen LogP contribution in [0.25, 0.3) is 6.08 Å². The molecule has 128 valence electrons. The van der Waals surface area contributed by atoms with E-state index in [0.717, 1.165) is 12.2 Å². The summed E-state index contributed by atoms with van der Waals surface area (Å²) in [5.41, 5.74) is 0.256. The first-order valence-electron chi connectivity index (χ1n) is 6.98. The van der Waals surface area contributed by atoms with Crippen LogP contribution in [0.1, 0.15) is 12.0 Å². The summed E-state index contributed by atoms with van der Waals surface area (Å²) in [7, 11) is 0. The molecule has 0 saturated heterocycles. The second-order valence-electron chi connectivity index (χ2n) is 5.24. The van der Waals surface area contributed by atoms with Gasteiger partial charge in [-0.1, -0.05) is 6.07 Å². The van der Waals surface area contributed by atoms with Gasteiger partial charge >= 0.3 is 11.9 Å². The van der Waals surface area contributed by atoms with Crippen molar-refractivity contribution in [3.8, 4) is 11.5 Å². The SMILES string of the molecule is O=C(/C=C/c1ccc(O)c(O)c1)O[C@@H]1C=C(C(=O)O)C[C@@H](O)[C@@H]1O. The van der Waals surface area contributed by atoms with Crippen molar-refractivity contribution < 1.29 is 39.9 Å². The molecule has 0 bridgehead atoms. The van der Waals surface area contributed by atoms with Crippen molar-refractivity contribution in [1.82, 2.24) is 0 Å². The predicted octanol–water partition coefficient (Wildman–Crippen LogP) is 0.159. The molecule has 2 rings (SSSR count). The minimum absolute atomic E-state index is 0.155. The molecule has 0 aliphatic heterocycles. The van der Waals surface area contributed by atoms with Crippen LogP contribution in [0, 0.1) is 0 Å². The molecule has 0 unspecified atom stereocenters. The largest absolute Gasteiger partial charge is 0.504 e. The summed E-state index contributed by atoms with van der Waals surface area (Å²) in [4.78, 5) is 22.7. The lowest BCUT2D eigenvalue weighted by Gasteiger charge is -2.28. The van der Waals surface area contributed by atoms with Gasteiger partial charge in [-0.05, 0) is 29.8 Å². The number of phenolic OH excluding ortho intramolecular Hbond substituents is 2. The normalized spacial score (nSPS) is 23.8. The van der Waals surface area contributed by atoms with Crippen molar-refractivity contribution in [2.24, 2.45) is 0 Å². The third-order valence-corrected chi connectivity index (χ3v) is 3.46. The Balaban J connectivity index is 2.07. The van der Waals surface area contributed by atoms with E-state index >= 15 is 0 Å².